The van der Waals surface area contributed by atoms with E-state index in [0.717, 1.165) is 11.3 Å². The summed E-state index contributed by atoms with van der Waals surface area (Å²) in [5.74, 6) is 0. The summed E-state index contributed by atoms with van der Waals surface area (Å²) in [7, 11) is 1.81. The van der Waals surface area contributed by atoms with Crippen molar-refractivity contribution in [3.8, 4) is 6.07 Å². The Morgan fingerprint density at radius 2 is 1.92 bits per heavy atom. The predicted molar refractivity (Wildman–Crippen MR) is 56.8 cm³/mol. The molecule has 0 aromatic heterocycles. The molecule has 70 valence electrons. The third kappa shape index (κ3) is 3.16. The Morgan fingerprint density at radius 1 is 1.31 bits per heavy atom. The summed E-state index contributed by atoms with van der Waals surface area (Å²) in [5.41, 5.74) is 2.70. The lowest BCUT2D eigenvalue weighted by molar-refractivity contribution is 1.39. The van der Waals surface area contributed by atoms with Gasteiger partial charge in [0.25, 0.3) is 0 Å². The molecule has 0 aliphatic heterocycles. The van der Waals surface area contributed by atoms with Gasteiger partial charge in [-0.2, -0.15) is 5.26 Å². The Morgan fingerprint density at radius 3 is 2.38 bits per heavy atom. The molecule has 0 fully saturated rings. The molecule has 0 spiro atoms. The highest BCUT2D eigenvalue weighted by molar-refractivity contribution is 5.57. The van der Waals surface area contributed by atoms with Crippen molar-refractivity contribution in [3.05, 3.63) is 29.3 Å². The van der Waals surface area contributed by atoms with Crippen LogP contribution >= 0.6 is 0 Å². The van der Waals surface area contributed by atoms with E-state index in [-0.39, 0.29) is 0 Å². The maximum absolute atomic E-state index is 8.68. The average molecular weight is 176 g/mol. The number of nitriles is 1. The molecule has 0 saturated heterocycles. The van der Waals surface area contributed by atoms with E-state index in [1.807, 2.05) is 46.0 Å². The number of hydrogen-bond donors (Lipinski definition) is 1. The zero-order valence-corrected chi connectivity index (χ0v) is 8.68. The molecule has 13 heavy (non-hydrogen) atoms. The lowest BCUT2D eigenvalue weighted by Crippen LogP contribution is -1.91. The normalized spacial score (nSPS) is 7.92. The highest BCUT2D eigenvalue weighted by Gasteiger charge is 1.97. The van der Waals surface area contributed by atoms with Gasteiger partial charge in [-0.25, -0.2) is 0 Å². The summed E-state index contributed by atoms with van der Waals surface area (Å²) >= 11 is 0. The van der Waals surface area contributed by atoms with E-state index < -0.39 is 0 Å². The second kappa shape index (κ2) is 6.07. The maximum Gasteiger partial charge on any atom is 0.101 e. The van der Waals surface area contributed by atoms with Crippen molar-refractivity contribution in [1.29, 1.82) is 5.26 Å². The fraction of sp³-hybridized carbons (Fsp3) is 0.364. The van der Waals surface area contributed by atoms with Crippen LogP contribution in [0.3, 0.4) is 0 Å². The summed E-state index contributed by atoms with van der Waals surface area (Å²) < 4.78 is 0. The van der Waals surface area contributed by atoms with Crippen LogP contribution in [0.2, 0.25) is 0 Å². The largest absolute Gasteiger partial charge is 0.387 e. The van der Waals surface area contributed by atoms with Crippen LogP contribution in [0.5, 0.6) is 0 Å². The van der Waals surface area contributed by atoms with E-state index in [4.69, 9.17) is 5.26 Å². The number of benzene rings is 1. The molecule has 1 rings (SSSR count). The highest BCUT2D eigenvalue weighted by Crippen LogP contribution is 2.14. The van der Waals surface area contributed by atoms with Crippen LogP contribution in [0.1, 0.15) is 25.0 Å². The smallest absolute Gasteiger partial charge is 0.101 e. The molecule has 0 saturated carbocycles. The summed E-state index contributed by atoms with van der Waals surface area (Å²) in [6, 6.07) is 7.88. The highest BCUT2D eigenvalue weighted by atomic mass is 14.8. The molecule has 0 aliphatic carbocycles. The number of rotatable bonds is 1. The van der Waals surface area contributed by atoms with Crippen LogP contribution < -0.4 is 5.32 Å². The fourth-order valence-corrected chi connectivity index (χ4v) is 0.969. The van der Waals surface area contributed by atoms with Crippen molar-refractivity contribution in [2.45, 2.75) is 20.8 Å². The molecule has 1 aromatic rings. The number of anilines is 1. The van der Waals surface area contributed by atoms with E-state index in [0.29, 0.717) is 5.56 Å². The van der Waals surface area contributed by atoms with Gasteiger partial charge in [-0.05, 0) is 24.6 Å². The number of nitrogens with one attached hydrogen (secondary N) is 1. The third-order valence-electron chi connectivity index (χ3n) is 1.56. The molecule has 1 aromatic carbocycles. The molecule has 2 heteroatoms. The van der Waals surface area contributed by atoms with Gasteiger partial charge < -0.3 is 5.32 Å². The Hall–Kier alpha value is -1.49. The minimum Gasteiger partial charge on any atom is -0.387 e. The van der Waals surface area contributed by atoms with Gasteiger partial charge in [0.05, 0.1) is 11.3 Å². The third-order valence-corrected chi connectivity index (χ3v) is 1.56. The first kappa shape index (κ1) is 11.5. The molecular formula is C11H16N2. The van der Waals surface area contributed by atoms with Gasteiger partial charge in [0.15, 0.2) is 0 Å². The standard InChI is InChI=1S/C9H10N2.C2H6/c1-7-3-4-9(11-2)8(5-7)6-10;1-2/h3-5,11H,1-2H3;1-2H3. The molecule has 0 heterocycles. The Balaban J connectivity index is 0.000000671. The van der Waals surface area contributed by atoms with E-state index in [1.54, 1.807) is 0 Å². The summed E-state index contributed by atoms with van der Waals surface area (Å²) in [5, 5.41) is 11.6. The van der Waals surface area contributed by atoms with Crippen molar-refractivity contribution in [2.75, 3.05) is 12.4 Å². The van der Waals surface area contributed by atoms with Crippen LogP contribution in [0.25, 0.3) is 0 Å². The van der Waals surface area contributed by atoms with Gasteiger partial charge in [0.2, 0.25) is 0 Å². The number of hydrogen-bond acceptors (Lipinski definition) is 2. The Kier molecular flexibility index (Phi) is 5.38. The van der Waals surface area contributed by atoms with Crippen molar-refractivity contribution < 1.29 is 0 Å². The van der Waals surface area contributed by atoms with Crippen LogP contribution in [0, 0.1) is 18.3 Å². The second-order valence-electron chi connectivity index (χ2n) is 2.41. The molecule has 1 N–H and O–H groups in total. The lowest BCUT2D eigenvalue weighted by Gasteiger charge is -2.02. The van der Waals surface area contributed by atoms with E-state index in [2.05, 4.69) is 11.4 Å². The number of nitrogens with zero attached hydrogens (tertiary/aromatic N) is 1. The number of aryl methyl sites for hydroxylation is 1. The SMILES string of the molecule is CC.CNc1ccc(C)cc1C#N. The molecule has 0 aliphatic rings. The van der Waals surface area contributed by atoms with Crippen LogP contribution in [-0.4, -0.2) is 7.05 Å². The van der Waals surface area contributed by atoms with Crippen molar-refractivity contribution >= 4 is 5.69 Å². The van der Waals surface area contributed by atoms with Gasteiger partial charge in [0, 0.05) is 7.05 Å². The topological polar surface area (TPSA) is 35.8 Å². The predicted octanol–water partition coefficient (Wildman–Crippen LogP) is 2.93. The maximum atomic E-state index is 8.68. The molecular weight excluding hydrogens is 160 g/mol. The van der Waals surface area contributed by atoms with E-state index in [1.165, 1.54) is 0 Å². The average Bonchev–Trinajstić information content (AvgIpc) is 2.20. The van der Waals surface area contributed by atoms with Crippen LogP contribution in [0.15, 0.2) is 18.2 Å². The monoisotopic (exact) mass is 176 g/mol. The zero-order valence-electron chi connectivity index (χ0n) is 8.68. The molecule has 0 atom stereocenters. The molecule has 0 amide bonds. The Bertz CT molecular complexity index is 297. The zero-order chi connectivity index (χ0) is 10.3. The van der Waals surface area contributed by atoms with Crippen LogP contribution in [0.4, 0.5) is 5.69 Å². The summed E-state index contributed by atoms with van der Waals surface area (Å²) in [4.78, 5) is 0. The van der Waals surface area contributed by atoms with Crippen molar-refractivity contribution in [2.24, 2.45) is 0 Å². The summed E-state index contributed by atoms with van der Waals surface area (Å²) in [6.45, 7) is 5.97. The minimum absolute atomic E-state index is 0.701. The molecule has 2 nitrogen and oxygen atoms in total. The molecule has 0 unspecified atom stereocenters. The van der Waals surface area contributed by atoms with Gasteiger partial charge in [-0.15, -0.1) is 0 Å². The Labute approximate surface area is 80.2 Å². The fourth-order valence-electron chi connectivity index (χ4n) is 0.969. The van der Waals surface area contributed by atoms with Gasteiger partial charge in [0.1, 0.15) is 6.07 Å². The first-order valence-electron chi connectivity index (χ1n) is 4.46. The van der Waals surface area contributed by atoms with Gasteiger partial charge in [-0.1, -0.05) is 19.9 Å². The molecule has 0 bridgehead atoms. The first-order valence-corrected chi connectivity index (χ1v) is 4.46. The summed E-state index contributed by atoms with van der Waals surface area (Å²) in [6.07, 6.45) is 0. The van der Waals surface area contributed by atoms with Gasteiger partial charge in [-0.3, -0.25) is 0 Å². The van der Waals surface area contributed by atoms with Crippen LogP contribution in [-0.2, 0) is 0 Å². The molecule has 0 radical (unpaired) electrons. The quantitative estimate of drug-likeness (QED) is 0.714. The van der Waals surface area contributed by atoms with E-state index >= 15 is 0 Å². The van der Waals surface area contributed by atoms with Crippen molar-refractivity contribution in [3.63, 3.8) is 0 Å². The van der Waals surface area contributed by atoms with E-state index in [9.17, 15) is 0 Å². The first-order chi connectivity index (χ1) is 6.27. The van der Waals surface area contributed by atoms with Crippen molar-refractivity contribution in [1.82, 2.24) is 0 Å². The lowest BCUT2D eigenvalue weighted by atomic mass is 10.1. The minimum atomic E-state index is 0.701. The van der Waals surface area contributed by atoms with Gasteiger partial charge >= 0.3 is 0 Å². The second-order valence-corrected chi connectivity index (χ2v) is 2.41.